The summed E-state index contributed by atoms with van der Waals surface area (Å²) < 4.78 is 10.8. The number of fused-ring (bicyclic) bond motifs is 2. The molecule has 9 nitrogen and oxygen atoms in total. The van der Waals surface area contributed by atoms with Crippen LogP contribution in [0.4, 0.5) is 0 Å². The molecule has 2 aromatic rings. The number of benzene rings is 1. The first-order valence-corrected chi connectivity index (χ1v) is 13.9. The third-order valence-electron chi connectivity index (χ3n) is 8.02. The number of rotatable bonds is 9. The predicted molar refractivity (Wildman–Crippen MR) is 147 cm³/mol. The molecule has 1 saturated carbocycles. The van der Waals surface area contributed by atoms with E-state index in [-0.39, 0.29) is 45.2 Å². The van der Waals surface area contributed by atoms with E-state index >= 15 is 0 Å². The van der Waals surface area contributed by atoms with Gasteiger partial charge in [-0.15, -0.1) is 0 Å². The number of carbonyl (C=O) groups is 2. The molecular weight excluding hydrogens is 520 g/mol. The molecule has 5 rings (SSSR count). The van der Waals surface area contributed by atoms with Gasteiger partial charge in [0.15, 0.2) is 5.84 Å². The van der Waals surface area contributed by atoms with Gasteiger partial charge in [-0.1, -0.05) is 35.0 Å². The number of nitrogens with zero attached hydrogens (tertiary/aromatic N) is 3. The summed E-state index contributed by atoms with van der Waals surface area (Å²) >= 11 is 6.20. The van der Waals surface area contributed by atoms with Crippen molar-refractivity contribution < 1.29 is 23.9 Å². The average Bonchev–Trinajstić information content (AvgIpc) is 3.45. The van der Waals surface area contributed by atoms with E-state index in [1.165, 1.54) is 17.8 Å². The molecule has 1 atom stereocenters. The Bertz CT molecular complexity index is 1310. The highest BCUT2D eigenvalue weighted by Gasteiger charge is 2.54. The van der Waals surface area contributed by atoms with Crippen molar-refractivity contribution in [1.82, 2.24) is 9.88 Å². The third-order valence-corrected chi connectivity index (χ3v) is 8.29. The van der Waals surface area contributed by atoms with Crippen molar-refractivity contribution in [2.45, 2.75) is 64.4 Å². The van der Waals surface area contributed by atoms with Crippen molar-refractivity contribution in [2.75, 3.05) is 26.2 Å². The lowest BCUT2D eigenvalue weighted by molar-refractivity contribution is -0.150. The largest absolute Gasteiger partial charge is 0.474 e. The second-order valence-electron chi connectivity index (χ2n) is 11.1. The van der Waals surface area contributed by atoms with Gasteiger partial charge in [0, 0.05) is 30.3 Å². The number of amidine groups is 1. The second-order valence-corrected chi connectivity index (χ2v) is 11.5. The van der Waals surface area contributed by atoms with Crippen LogP contribution in [0.25, 0.3) is 0 Å². The maximum absolute atomic E-state index is 12.6. The standard InChI is InChI=1S/C29H35ClN4O5/c1-4-37-27(36)29(10-11-29)17-34-13-12-28(16-34)9-8-20-21(6-5-7-22(20)28)24(31)33-39-26(35)19-14-23(30)25(32-15-19)38-18(2)3/h5-7,14-15,18H,4,8-13,16-17H2,1-3H3,(H2,31,33). The van der Waals surface area contributed by atoms with Crippen LogP contribution in [-0.4, -0.2) is 60.0 Å². The Morgan fingerprint density at radius 3 is 2.72 bits per heavy atom. The normalized spacial score (nSPS) is 21.7. The smallest absolute Gasteiger partial charge is 0.367 e. The van der Waals surface area contributed by atoms with E-state index in [0.29, 0.717) is 6.61 Å². The zero-order valence-corrected chi connectivity index (χ0v) is 23.4. The lowest BCUT2D eigenvalue weighted by atomic mass is 9.81. The molecule has 1 aliphatic heterocycles. The van der Waals surface area contributed by atoms with Crippen molar-refractivity contribution in [3.63, 3.8) is 0 Å². The number of ether oxygens (including phenoxy) is 2. The molecule has 1 spiro atoms. The summed E-state index contributed by atoms with van der Waals surface area (Å²) in [4.78, 5) is 36.7. The van der Waals surface area contributed by atoms with E-state index in [9.17, 15) is 9.59 Å². The predicted octanol–water partition coefficient (Wildman–Crippen LogP) is 4.23. The Morgan fingerprint density at radius 2 is 2.03 bits per heavy atom. The summed E-state index contributed by atoms with van der Waals surface area (Å²) in [6, 6.07) is 7.49. The number of pyridine rings is 1. The summed E-state index contributed by atoms with van der Waals surface area (Å²) in [5, 5.41) is 4.16. The minimum atomic E-state index is -0.713. The Morgan fingerprint density at radius 1 is 1.23 bits per heavy atom. The van der Waals surface area contributed by atoms with Crippen LogP contribution >= 0.6 is 11.6 Å². The van der Waals surface area contributed by atoms with E-state index < -0.39 is 5.97 Å². The molecule has 1 aromatic carbocycles. The van der Waals surface area contributed by atoms with Gasteiger partial charge in [-0.05, 0) is 76.6 Å². The Labute approximate surface area is 233 Å². The number of aromatic nitrogens is 1. The average molecular weight is 555 g/mol. The maximum Gasteiger partial charge on any atom is 0.367 e. The van der Waals surface area contributed by atoms with Gasteiger partial charge < -0.3 is 24.9 Å². The first-order valence-electron chi connectivity index (χ1n) is 13.6. The molecule has 0 bridgehead atoms. The lowest BCUT2D eigenvalue weighted by Gasteiger charge is -2.27. The molecule has 3 aliphatic rings. The fraction of sp³-hybridized carbons (Fsp3) is 0.517. The van der Waals surface area contributed by atoms with Crippen LogP contribution in [0.5, 0.6) is 5.88 Å². The van der Waals surface area contributed by atoms with E-state index in [1.807, 2.05) is 32.9 Å². The molecule has 39 heavy (non-hydrogen) atoms. The van der Waals surface area contributed by atoms with Gasteiger partial charge >= 0.3 is 11.9 Å². The van der Waals surface area contributed by atoms with Gasteiger partial charge in [0.05, 0.1) is 23.7 Å². The van der Waals surface area contributed by atoms with Gasteiger partial charge in [-0.2, -0.15) is 0 Å². The Kier molecular flexibility index (Phi) is 7.57. The number of oxime groups is 1. The number of esters is 1. The van der Waals surface area contributed by atoms with Crippen LogP contribution in [-0.2, 0) is 26.2 Å². The van der Waals surface area contributed by atoms with E-state index in [2.05, 4.69) is 21.1 Å². The molecule has 1 aromatic heterocycles. The molecule has 2 fully saturated rings. The van der Waals surface area contributed by atoms with Gasteiger partial charge in [0.1, 0.15) is 5.02 Å². The fourth-order valence-corrected chi connectivity index (χ4v) is 6.15. The molecule has 1 unspecified atom stereocenters. The monoisotopic (exact) mass is 554 g/mol. The number of carbonyl (C=O) groups excluding carboxylic acids is 2. The van der Waals surface area contributed by atoms with E-state index in [4.69, 9.17) is 31.6 Å². The molecular formula is C29H35ClN4O5. The van der Waals surface area contributed by atoms with Crippen LogP contribution < -0.4 is 10.5 Å². The molecule has 0 radical (unpaired) electrons. The van der Waals surface area contributed by atoms with Crippen LogP contribution in [0.15, 0.2) is 35.6 Å². The SMILES string of the molecule is CCOC(=O)C1(CN2CCC3(CCc4c(/C(N)=N/OC(=O)c5cnc(OC(C)C)c(Cl)c5)cccc43)C2)CC1. The molecule has 208 valence electrons. The summed E-state index contributed by atoms with van der Waals surface area (Å²) in [5.41, 5.74) is 9.35. The van der Waals surface area contributed by atoms with Crippen LogP contribution in [0.1, 0.15) is 73.5 Å². The highest BCUT2D eigenvalue weighted by Crippen LogP contribution is 2.51. The number of halogens is 1. The molecule has 0 amide bonds. The highest BCUT2D eigenvalue weighted by molar-refractivity contribution is 6.32. The van der Waals surface area contributed by atoms with Crippen LogP contribution in [0.3, 0.4) is 0 Å². The summed E-state index contributed by atoms with van der Waals surface area (Å²) in [6.45, 7) is 8.60. The molecule has 10 heteroatoms. The van der Waals surface area contributed by atoms with Crippen LogP contribution in [0, 0.1) is 5.41 Å². The van der Waals surface area contributed by atoms with Gasteiger partial charge in [0.2, 0.25) is 5.88 Å². The van der Waals surface area contributed by atoms with Crippen molar-refractivity contribution in [2.24, 2.45) is 16.3 Å². The van der Waals surface area contributed by atoms with E-state index in [1.54, 1.807) is 0 Å². The topological polar surface area (TPSA) is 116 Å². The molecule has 2 aliphatic carbocycles. The first-order chi connectivity index (χ1) is 18.7. The Balaban J connectivity index is 1.27. The minimum Gasteiger partial charge on any atom is -0.474 e. The minimum absolute atomic E-state index is 0.0231. The summed E-state index contributed by atoms with van der Waals surface area (Å²) in [6.07, 6.45) is 5.93. The second kappa shape index (κ2) is 10.8. The van der Waals surface area contributed by atoms with Crippen molar-refractivity contribution >= 4 is 29.4 Å². The number of hydrogen-bond donors (Lipinski definition) is 1. The first kappa shape index (κ1) is 27.4. The highest BCUT2D eigenvalue weighted by atomic mass is 35.5. The zero-order valence-electron chi connectivity index (χ0n) is 22.7. The lowest BCUT2D eigenvalue weighted by Crippen LogP contribution is -2.36. The van der Waals surface area contributed by atoms with Gasteiger partial charge in [0.25, 0.3) is 0 Å². The Hall–Kier alpha value is -3.17. The van der Waals surface area contributed by atoms with Crippen molar-refractivity contribution in [3.8, 4) is 5.88 Å². The van der Waals surface area contributed by atoms with Gasteiger partial charge in [-0.25, -0.2) is 9.78 Å². The van der Waals surface area contributed by atoms with E-state index in [0.717, 1.165) is 62.9 Å². The van der Waals surface area contributed by atoms with Gasteiger partial charge in [-0.3, -0.25) is 4.79 Å². The summed E-state index contributed by atoms with van der Waals surface area (Å²) in [5.74, 6) is -0.380. The fourth-order valence-electron chi connectivity index (χ4n) is 5.94. The molecule has 2 heterocycles. The summed E-state index contributed by atoms with van der Waals surface area (Å²) in [7, 11) is 0. The number of likely N-dealkylation sites (tertiary alicyclic amines) is 1. The van der Waals surface area contributed by atoms with Crippen molar-refractivity contribution in [1.29, 1.82) is 0 Å². The molecule has 1 saturated heterocycles. The zero-order chi connectivity index (χ0) is 27.8. The quantitative estimate of drug-likeness (QED) is 0.161. The maximum atomic E-state index is 12.6. The third kappa shape index (κ3) is 5.47. The number of hydrogen-bond acceptors (Lipinski definition) is 8. The number of nitrogens with two attached hydrogens (primary N) is 1. The van der Waals surface area contributed by atoms with Crippen molar-refractivity contribution in [3.05, 3.63) is 57.7 Å². The molecule has 2 N–H and O–H groups in total. The van der Waals surface area contributed by atoms with Crippen LogP contribution in [0.2, 0.25) is 5.02 Å².